The Morgan fingerprint density at radius 2 is 1.70 bits per heavy atom. The third-order valence-corrected chi connectivity index (χ3v) is 4.38. The average molecular weight is 312 g/mol. The van der Waals surface area contributed by atoms with Gasteiger partial charge >= 0.3 is 0 Å². The molecule has 4 heteroatoms. The first-order chi connectivity index (χ1) is 10.8. The van der Waals surface area contributed by atoms with E-state index in [0.29, 0.717) is 6.54 Å². The number of aryl methyl sites for hydroxylation is 2. The van der Waals surface area contributed by atoms with Gasteiger partial charge in [0.25, 0.3) is 5.91 Å². The van der Waals surface area contributed by atoms with Gasteiger partial charge in [0.1, 0.15) is 11.4 Å². The minimum Gasteiger partial charge on any atom is -0.370 e. The SMILES string of the molecule is Cc1cc2c(cc1C)N(Cc1ccc(F)cc1)C(=O)C(C)(C)N2. The van der Waals surface area contributed by atoms with Crippen LogP contribution in [0.3, 0.4) is 0 Å². The fraction of sp³-hybridized carbons (Fsp3) is 0.316. The number of anilines is 2. The molecule has 0 atom stereocenters. The fourth-order valence-corrected chi connectivity index (χ4v) is 2.89. The van der Waals surface area contributed by atoms with E-state index < -0.39 is 5.54 Å². The van der Waals surface area contributed by atoms with E-state index in [2.05, 4.69) is 18.3 Å². The van der Waals surface area contributed by atoms with Crippen molar-refractivity contribution in [3.05, 3.63) is 58.9 Å². The number of nitrogens with one attached hydrogen (secondary N) is 1. The van der Waals surface area contributed by atoms with Gasteiger partial charge in [-0.25, -0.2) is 4.39 Å². The highest BCUT2D eigenvalue weighted by atomic mass is 19.1. The number of nitrogens with zero attached hydrogens (tertiary/aromatic N) is 1. The van der Waals surface area contributed by atoms with Crippen LogP contribution < -0.4 is 10.2 Å². The zero-order valence-electron chi connectivity index (χ0n) is 13.9. The van der Waals surface area contributed by atoms with Gasteiger partial charge in [-0.15, -0.1) is 0 Å². The Morgan fingerprint density at radius 1 is 1.09 bits per heavy atom. The monoisotopic (exact) mass is 312 g/mol. The molecule has 0 spiro atoms. The molecule has 0 radical (unpaired) electrons. The Bertz CT molecular complexity index is 766. The van der Waals surface area contributed by atoms with Gasteiger partial charge < -0.3 is 10.2 Å². The molecule has 1 aliphatic rings. The molecule has 0 saturated carbocycles. The summed E-state index contributed by atoms with van der Waals surface area (Å²) in [6.07, 6.45) is 0. The highest BCUT2D eigenvalue weighted by Gasteiger charge is 2.38. The van der Waals surface area contributed by atoms with Gasteiger partial charge in [0.05, 0.1) is 17.9 Å². The van der Waals surface area contributed by atoms with Crippen molar-refractivity contribution in [3.63, 3.8) is 0 Å². The standard InChI is InChI=1S/C19H21FN2O/c1-12-9-16-17(10-13(12)2)22(18(23)19(3,4)21-16)11-14-5-7-15(20)8-6-14/h5-10,21H,11H2,1-4H3. The number of rotatable bonds is 2. The second-order valence-electron chi connectivity index (χ2n) is 6.72. The molecule has 120 valence electrons. The van der Waals surface area contributed by atoms with Crippen LogP contribution in [-0.2, 0) is 11.3 Å². The maximum atomic E-state index is 13.1. The summed E-state index contributed by atoms with van der Waals surface area (Å²) in [6.45, 7) is 8.29. The molecule has 1 aliphatic heterocycles. The van der Waals surface area contributed by atoms with E-state index in [-0.39, 0.29) is 11.7 Å². The van der Waals surface area contributed by atoms with Crippen molar-refractivity contribution in [2.24, 2.45) is 0 Å². The molecule has 3 rings (SSSR count). The van der Waals surface area contributed by atoms with Crippen molar-refractivity contribution in [1.29, 1.82) is 0 Å². The number of carbonyl (C=O) groups is 1. The number of carbonyl (C=O) groups excluding carboxylic acids is 1. The molecule has 3 nitrogen and oxygen atoms in total. The number of hydrogen-bond donors (Lipinski definition) is 1. The van der Waals surface area contributed by atoms with Crippen LogP contribution in [-0.4, -0.2) is 11.4 Å². The maximum Gasteiger partial charge on any atom is 0.252 e. The summed E-state index contributed by atoms with van der Waals surface area (Å²) in [5.74, 6) is -0.259. The van der Waals surface area contributed by atoms with Crippen LogP contribution in [0.2, 0.25) is 0 Å². The highest BCUT2D eigenvalue weighted by molar-refractivity contribution is 6.07. The van der Waals surface area contributed by atoms with Crippen molar-refractivity contribution in [2.45, 2.75) is 39.8 Å². The lowest BCUT2D eigenvalue weighted by Gasteiger charge is -2.40. The first-order valence-electron chi connectivity index (χ1n) is 7.74. The van der Waals surface area contributed by atoms with Crippen LogP contribution in [0.5, 0.6) is 0 Å². The van der Waals surface area contributed by atoms with Gasteiger partial charge in [0.2, 0.25) is 0 Å². The Balaban J connectivity index is 2.05. The zero-order chi connectivity index (χ0) is 16.8. The van der Waals surface area contributed by atoms with Gasteiger partial charge in [-0.2, -0.15) is 0 Å². The van der Waals surface area contributed by atoms with Gasteiger partial charge in [-0.1, -0.05) is 12.1 Å². The fourth-order valence-electron chi connectivity index (χ4n) is 2.89. The summed E-state index contributed by atoms with van der Waals surface area (Å²) in [5.41, 5.74) is 4.39. The minimum atomic E-state index is -0.672. The predicted molar refractivity (Wildman–Crippen MR) is 91.2 cm³/mol. The number of fused-ring (bicyclic) bond motifs is 1. The lowest BCUT2D eigenvalue weighted by atomic mass is 9.95. The molecular formula is C19H21FN2O. The maximum absolute atomic E-state index is 13.1. The van der Waals surface area contributed by atoms with E-state index in [4.69, 9.17) is 0 Å². The van der Waals surface area contributed by atoms with Crippen LogP contribution in [0.4, 0.5) is 15.8 Å². The first-order valence-corrected chi connectivity index (χ1v) is 7.74. The molecule has 0 aromatic heterocycles. The summed E-state index contributed by atoms with van der Waals surface area (Å²) in [5, 5.41) is 3.33. The van der Waals surface area contributed by atoms with Gasteiger partial charge in [-0.05, 0) is 68.7 Å². The van der Waals surface area contributed by atoms with E-state index in [1.165, 1.54) is 17.7 Å². The Morgan fingerprint density at radius 3 is 2.35 bits per heavy atom. The molecule has 0 unspecified atom stereocenters. The van der Waals surface area contributed by atoms with Gasteiger partial charge in [0.15, 0.2) is 0 Å². The quantitative estimate of drug-likeness (QED) is 0.902. The summed E-state index contributed by atoms with van der Waals surface area (Å²) in [6, 6.07) is 10.4. The van der Waals surface area contributed by atoms with Gasteiger partial charge in [-0.3, -0.25) is 4.79 Å². The molecule has 0 saturated heterocycles. The Labute approximate surface area is 136 Å². The summed E-state index contributed by atoms with van der Waals surface area (Å²) in [7, 11) is 0. The van der Waals surface area contributed by atoms with Crippen LogP contribution in [0.25, 0.3) is 0 Å². The smallest absolute Gasteiger partial charge is 0.252 e. The van der Waals surface area contributed by atoms with E-state index in [1.807, 2.05) is 26.8 Å². The first kappa shape index (κ1) is 15.5. The molecule has 0 fully saturated rings. The third-order valence-electron chi connectivity index (χ3n) is 4.38. The zero-order valence-corrected chi connectivity index (χ0v) is 13.9. The van der Waals surface area contributed by atoms with Crippen LogP contribution >= 0.6 is 0 Å². The van der Waals surface area contributed by atoms with E-state index >= 15 is 0 Å². The van der Waals surface area contributed by atoms with Crippen LogP contribution in [0.1, 0.15) is 30.5 Å². The lowest BCUT2D eigenvalue weighted by Crippen LogP contribution is -2.53. The summed E-state index contributed by atoms with van der Waals surface area (Å²) >= 11 is 0. The number of benzene rings is 2. The van der Waals surface area contributed by atoms with Crippen LogP contribution in [0, 0.1) is 19.7 Å². The second kappa shape index (κ2) is 5.37. The molecule has 2 aromatic rings. The predicted octanol–water partition coefficient (Wildman–Crippen LogP) is 4.18. The normalized spacial score (nSPS) is 16.0. The average Bonchev–Trinajstić information content (AvgIpc) is 2.48. The Hall–Kier alpha value is -2.36. The number of halogens is 1. The topological polar surface area (TPSA) is 32.3 Å². The largest absolute Gasteiger partial charge is 0.370 e. The second-order valence-corrected chi connectivity index (χ2v) is 6.72. The molecule has 1 heterocycles. The van der Waals surface area contributed by atoms with Crippen molar-refractivity contribution in [1.82, 2.24) is 0 Å². The van der Waals surface area contributed by atoms with Crippen molar-refractivity contribution in [3.8, 4) is 0 Å². The van der Waals surface area contributed by atoms with E-state index in [1.54, 1.807) is 17.0 Å². The minimum absolute atomic E-state index is 0.0116. The van der Waals surface area contributed by atoms with E-state index in [0.717, 1.165) is 22.5 Å². The van der Waals surface area contributed by atoms with Crippen molar-refractivity contribution >= 4 is 17.3 Å². The highest BCUT2D eigenvalue weighted by Crippen LogP contribution is 2.38. The summed E-state index contributed by atoms with van der Waals surface area (Å²) < 4.78 is 13.1. The molecule has 23 heavy (non-hydrogen) atoms. The molecule has 1 amide bonds. The number of amides is 1. The molecule has 0 aliphatic carbocycles. The molecule has 0 bridgehead atoms. The van der Waals surface area contributed by atoms with Gasteiger partial charge in [0, 0.05) is 0 Å². The van der Waals surface area contributed by atoms with E-state index in [9.17, 15) is 9.18 Å². The Kier molecular flexibility index (Phi) is 3.63. The van der Waals surface area contributed by atoms with Crippen molar-refractivity contribution < 1.29 is 9.18 Å². The molecule has 2 aromatic carbocycles. The van der Waals surface area contributed by atoms with Crippen molar-refractivity contribution in [2.75, 3.05) is 10.2 Å². The summed E-state index contributed by atoms with van der Waals surface area (Å²) in [4.78, 5) is 14.6. The van der Waals surface area contributed by atoms with Crippen LogP contribution in [0.15, 0.2) is 36.4 Å². The lowest BCUT2D eigenvalue weighted by molar-refractivity contribution is -0.122. The molecular weight excluding hydrogens is 291 g/mol. The third kappa shape index (κ3) is 2.81. The molecule has 1 N–H and O–H groups in total. The number of hydrogen-bond acceptors (Lipinski definition) is 2.